The van der Waals surface area contributed by atoms with Gasteiger partial charge in [-0.05, 0) is 20.3 Å². The van der Waals surface area contributed by atoms with Crippen LogP contribution >= 0.6 is 0 Å². The fourth-order valence-electron chi connectivity index (χ4n) is 1.63. The van der Waals surface area contributed by atoms with Gasteiger partial charge in [0.15, 0.2) is 0 Å². The second-order valence-corrected chi connectivity index (χ2v) is 4.07. The van der Waals surface area contributed by atoms with E-state index in [4.69, 9.17) is 9.84 Å². The number of hydrogen-bond donors (Lipinski definition) is 2. The SMILES string of the molecule is CC(C)N(CCCO)CC1CNC(=O)O1. The molecular formula is C10H20N2O3. The third kappa shape index (κ3) is 4.05. The Bertz CT molecular complexity index is 209. The van der Waals surface area contributed by atoms with E-state index in [0.717, 1.165) is 19.5 Å². The Kier molecular flexibility index (Phi) is 4.84. The van der Waals surface area contributed by atoms with Crippen LogP contribution in [0, 0.1) is 0 Å². The van der Waals surface area contributed by atoms with Crippen LogP contribution < -0.4 is 5.32 Å². The summed E-state index contributed by atoms with van der Waals surface area (Å²) >= 11 is 0. The van der Waals surface area contributed by atoms with Crippen molar-refractivity contribution in [1.82, 2.24) is 10.2 Å². The van der Waals surface area contributed by atoms with Crippen molar-refractivity contribution in [3.63, 3.8) is 0 Å². The molecular weight excluding hydrogens is 196 g/mol. The standard InChI is InChI=1S/C10H20N2O3/c1-8(2)12(4-3-5-13)7-9-6-11-10(14)15-9/h8-9,13H,3-7H2,1-2H3,(H,11,14). The van der Waals surface area contributed by atoms with E-state index < -0.39 is 0 Å². The molecule has 1 unspecified atom stereocenters. The molecule has 0 bridgehead atoms. The lowest BCUT2D eigenvalue weighted by atomic mass is 10.2. The molecule has 88 valence electrons. The molecule has 1 rings (SSSR count). The topological polar surface area (TPSA) is 61.8 Å². The zero-order valence-electron chi connectivity index (χ0n) is 9.40. The highest BCUT2D eigenvalue weighted by molar-refractivity contribution is 5.69. The maximum absolute atomic E-state index is 10.8. The third-order valence-electron chi connectivity index (χ3n) is 2.52. The van der Waals surface area contributed by atoms with Gasteiger partial charge in [0.05, 0.1) is 6.54 Å². The largest absolute Gasteiger partial charge is 0.443 e. The first-order valence-corrected chi connectivity index (χ1v) is 5.43. The molecule has 1 saturated heterocycles. The summed E-state index contributed by atoms with van der Waals surface area (Å²) in [5.74, 6) is 0. The lowest BCUT2D eigenvalue weighted by Gasteiger charge is -2.27. The highest BCUT2D eigenvalue weighted by Crippen LogP contribution is 2.07. The number of aliphatic hydroxyl groups excluding tert-OH is 1. The minimum Gasteiger partial charge on any atom is -0.443 e. The Morgan fingerprint density at radius 1 is 1.67 bits per heavy atom. The van der Waals surface area contributed by atoms with Crippen molar-refractivity contribution in [2.24, 2.45) is 0 Å². The molecule has 1 fully saturated rings. The van der Waals surface area contributed by atoms with Gasteiger partial charge < -0.3 is 15.2 Å². The predicted octanol–water partition coefficient (Wildman–Crippen LogP) is 0.188. The Balaban J connectivity index is 2.33. The minimum absolute atomic E-state index is 0.0569. The molecule has 1 aliphatic rings. The first-order chi connectivity index (χ1) is 7.13. The molecule has 1 atom stereocenters. The van der Waals surface area contributed by atoms with E-state index in [1.54, 1.807) is 0 Å². The monoisotopic (exact) mass is 216 g/mol. The number of carbonyl (C=O) groups is 1. The van der Waals surface area contributed by atoms with Crippen molar-refractivity contribution < 1.29 is 14.6 Å². The predicted molar refractivity (Wildman–Crippen MR) is 56.7 cm³/mol. The zero-order valence-corrected chi connectivity index (χ0v) is 9.40. The van der Waals surface area contributed by atoms with Crippen molar-refractivity contribution in [2.45, 2.75) is 32.4 Å². The second-order valence-electron chi connectivity index (χ2n) is 4.07. The Hall–Kier alpha value is -0.810. The maximum Gasteiger partial charge on any atom is 0.407 e. The summed E-state index contributed by atoms with van der Waals surface area (Å²) in [6, 6.07) is 0.399. The van der Waals surface area contributed by atoms with Gasteiger partial charge in [-0.1, -0.05) is 0 Å². The van der Waals surface area contributed by atoms with E-state index in [-0.39, 0.29) is 18.8 Å². The van der Waals surface area contributed by atoms with Gasteiger partial charge in [0.25, 0.3) is 0 Å². The molecule has 5 nitrogen and oxygen atoms in total. The van der Waals surface area contributed by atoms with Crippen LogP contribution in [-0.2, 0) is 4.74 Å². The van der Waals surface area contributed by atoms with Crippen molar-refractivity contribution in [2.75, 3.05) is 26.2 Å². The van der Waals surface area contributed by atoms with E-state index in [2.05, 4.69) is 24.1 Å². The van der Waals surface area contributed by atoms with E-state index in [1.807, 2.05) is 0 Å². The highest BCUT2D eigenvalue weighted by Gasteiger charge is 2.25. The van der Waals surface area contributed by atoms with Gasteiger partial charge in [-0.15, -0.1) is 0 Å². The molecule has 0 aromatic heterocycles. The summed E-state index contributed by atoms with van der Waals surface area (Å²) in [6.07, 6.45) is 0.371. The number of nitrogens with zero attached hydrogens (tertiary/aromatic N) is 1. The lowest BCUT2D eigenvalue weighted by Crippen LogP contribution is -2.39. The number of alkyl carbamates (subject to hydrolysis) is 1. The number of rotatable bonds is 6. The maximum atomic E-state index is 10.8. The second kappa shape index (κ2) is 5.92. The molecule has 0 aromatic carbocycles. The smallest absolute Gasteiger partial charge is 0.407 e. The zero-order chi connectivity index (χ0) is 11.3. The van der Waals surface area contributed by atoms with E-state index in [1.165, 1.54) is 0 Å². The van der Waals surface area contributed by atoms with Gasteiger partial charge in [-0.2, -0.15) is 0 Å². The first-order valence-electron chi connectivity index (χ1n) is 5.43. The number of nitrogens with one attached hydrogen (secondary N) is 1. The van der Waals surface area contributed by atoms with Gasteiger partial charge in [0.1, 0.15) is 6.10 Å². The minimum atomic E-state index is -0.328. The van der Waals surface area contributed by atoms with Crippen LogP contribution in [0.3, 0.4) is 0 Å². The molecule has 0 saturated carbocycles. The van der Waals surface area contributed by atoms with Gasteiger partial charge in [-0.3, -0.25) is 4.90 Å². The molecule has 0 aromatic rings. The highest BCUT2D eigenvalue weighted by atomic mass is 16.6. The molecule has 15 heavy (non-hydrogen) atoms. The van der Waals surface area contributed by atoms with Gasteiger partial charge in [0, 0.05) is 25.7 Å². The normalized spacial score (nSPS) is 20.9. The van der Waals surface area contributed by atoms with Crippen LogP contribution in [0.25, 0.3) is 0 Å². The molecule has 1 aliphatic heterocycles. The number of hydrogen-bond acceptors (Lipinski definition) is 4. The molecule has 0 aliphatic carbocycles. The summed E-state index contributed by atoms with van der Waals surface area (Å²) in [6.45, 7) is 6.55. The summed E-state index contributed by atoms with van der Waals surface area (Å²) < 4.78 is 5.07. The van der Waals surface area contributed by atoms with Crippen molar-refractivity contribution in [3.05, 3.63) is 0 Å². The van der Waals surface area contributed by atoms with Crippen molar-refractivity contribution >= 4 is 6.09 Å². The molecule has 1 heterocycles. The van der Waals surface area contributed by atoms with Crippen LogP contribution in [-0.4, -0.2) is 54.5 Å². The molecule has 2 N–H and O–H groups in total. The summed E-state index contributed by atoms with van der Waals surface area (Å²) in [5, 5.41) is 11.4. The number of carbonyl (C=O) groups excluding carboxylic acids is 1. The molecule has 0 spiro atoms. The number of ether oxygens (including phenoxy) is 1. The van der Waals surface area contributed by atoms with Crippen LogP contribution in [0.2, 0.25) is 0 Å². The summed E-state index contributed by atoms with van der Waals surface area (Å²) in [4.78, 5) is 13.0. The molecule has 5 heteroatoms. The third-order valence-corrected chi connectivity index (χ3v) is 2.52. The summed E-state index contributed by atoms with van der Waals surface area (Å²) in [7, 11) is 0. The van der Waals surface area contributed by atoms with Gasteiger partial charge >= 0.3 is 6.09 Å². The van der Waals surface area contributed by atoms with Crippen LogP contribution in [0.4, 0.5) is 4.79 Å². The number of aliphatic hydroxyl groups is 1. The van der Waals surface area contributed by atoms with Crippen molar-refractivity contribution in [1.29, 1.82) is 0 Å². The van der Waals surface area contributed by atoms with E-state index >= 15 is 0 Å². The van der Waals surface area contributed by atoms with Crippen molar-refractivity contribution in [3.8, 4) is 0 Å². The van der Waals surface area contributed by atoms with Gasteiger partial charge in [0.2, 0.25) is 0 Å². The molecule has 0 radical (unpaired) electrons. The lowest BCUT2D eigenvalue weighted by molar-refractivity contribution is 0.0921. The average Bonchev–Trinajstić information content (AvgIpc) is 2.58. The van der Waals surface area contributed by atoms with E-state index in [0.29, 0.717) is 12.6 Å². The average molecular weight is 216 g/mol. The van der Waals surface area contributed by atoms with Gasteiger partial charge in [-0.25, -0.2) is 4.79 Å². The first kappa shape index (κ1) is 12.3. The van der Waals surface area contributed by atoms with Crippen LogP contribution in [0.1, 0.15) is 20.3 Å². The Morgan fingerprint density at radius 2 is 2.40 bits per heavy atom. The number of cyclic esters (lactones) is 1. The number of amides is 1. The Labute approximate surface area is 90.4 Å². The van der Waals surface area contributed by atoms with Crippen LogP contribution in [0.15, 0.2) is 0 Å². The Morgan fingerprint density at radius 3 is 2.87 bits per heavy atom. The quantitative estimate of drug-likeness (QED) is 0.665. The fraction of sp³-hybridized carbons (Fsp3) is 0.900. The molecule has 1 amide bonds. The fourth-order valence-corrected chi connectivity index (χ4v) is 1.63. The van der Waals surface area contributed by atoms with E-state index in [9.17, 15) is 4.79 Å². The summed E-state index contributed by atoms with van der Waals surface area (Å²) in [5.41, 5.74) is 0. The van der Waals surface area contributed by atoms with Crippen LogP contribution in [0.5, 0.6) is 0 Å².